The molecular weight excluding hydrogens is 296 g/mol. The number of nitrogens with zero attached hydrogens (tertiary/aromatic N) is 1. The van der Waals surface area contributed by atoms with E-state index in [-0.39, 0.29) is 19.4 Å². The Hall–Kier alpha value is -2.55. The summed E-state index contributed by atoms with van der Waals surface area (Å²) in [6, 6.07) is 10.4. The van der Waals surface area contributed by atoms with Crippen molar-refractivity contribution in [2.75, 3.05) is 0 Å². The molecule has 1 N–H and O–H groups in total. The molecule has 0 aliphatic heterocycles. The second kappa shape index (κ2) is 8.79. The Balaban J connectivity index is 2.32. The van der Waals surface area contributed by atoms with Crippen molar-refractivity contribution in [3.05, 3.63) is 35.9 Å². The van der Waals surface area contributed by atoms with Crippen LogP contribution in [0, 0.1) is 11.3 Å². The van der Waals surface area contributed by atoms with Crippen LogP contribution < -0.4 is 5.32 Å². The Bertz CT molecular complexity index is 558. The topological polar surface area (TPSA) is 88.4 Å². The fourth-order valence-corrected chi connectivity index (χ4v) is 1.69. The highest BCUT2D eigenvalue weighted by atomic mass is 16.6. The van der Waals surface area contributed by atoms with Gasteiger partial charge >= 0.3 is 12.1 Å². The molecular formula is C17H22N2O4. The fourth-order valence-electron chi connectivity index (χ4n) is 1.69. The molecule has 0 aliphatic carbocycles. The first-order valence-electron chi connectivity index (χ1n) is 7.39. The van der Waals surface area contributed by atoms with Gasteiger partial charge in [-0.3, -0.25) is 4.79 Å². The van der Waals surface area contributed by atoms with E-state index >= 15 is 0 Å². The molecule has 1 rings (SSSR count). The monoisotopic (exact) mass is 318 g/mol. The zero-order valence-corrected chi connectivity index (χ0v) is 13.7. The lowest BCUT2D eigenvalue weighted by Crippen LogP contribution is -2.38. The van der Waals surface area contributed by atoms with Crippen LogP contribution in [0.2, 0.25) is 0 Å². The van der Waals surface area contributed by atoms with Gasteiger partial charge in [0.15, 0.2) is 0 Å². The number of benzene rings is 1. The van der Waals surface area contributed by atoms with Crippen molar-refractivity contribution in [2.24, 2.45) is 0 Å². The van der Waals surface area contributed by atoms with Gasteiger partial charge < -0.3 is 14.8 Å². The molecule has 1 atom stereocenters. The highest BCUT2D eigenvalue weighted by molar-refractivity contribution is 5.70. The van der Waals surface area contributed by atoms with Gasteiger partial charge in [-0.05, 0) is 32.8 Å². The number of nitrogens with one attached hydrogen (secondary N) is 1. The third-order valence-corrected chi connectivity index (χ3v) is 2.73. The van der Waals surface area contributed by atoms with Crippen molar-refractivity contribution in [2.45, 2.75) is 51.9 Å². The third kappa shape index (κ3) is 8.47. The summed E-state index contributed by atoms with van der Waals surface area (Å²) in [5, 5.41) is 11.4. The maximum atomic E-state index is 11.7. The van der Waals surface area contributed by atoms with Gasteiger partial charge in [-0.15, -0.1) is 0 Å². The molecule has 0 bridgehead atoms. The molecule has 0 saturated heterocycles. The summed E-state index contributed by atoms with van der Waals surface area (Å²) in [6.45, 7) is 5.38. The predicted octanol–water partition coefficient (Wildman–Crippen LogP) is 2.93. The van der Waals surface area contributed by atoms with Gasteiger partial charge in [0.1, 0.15) is 18.2 Å². The highest BCUT2D eigenvalue weighted by Gasteiger charge is 2.20. The average Bonchev–Trinajstić information content (AvgIpc) is 2.48. The maximum Gasteiger partial charge on any atom is 0.408 e. The Kier molecular flexibility index (Phi) is 7.07. The van der Waals surface area contributed by atoms with Crippen molar-refractivity contribution < 1.29 is 19.1 Å². The number of hydrogen-bond acceptors (Lipinski definition) is 5. The number of nitriles is 1. The molecule has 1 aromatic carbocycles. The molecule has 1 amide bonds. The Morgan fingerprint density at radius 3 is 2.48 bits per heavy atom. The van der Waals surface area contributed by atoms with Crippen LogP contribution in [-0.4, -0.2) is 23.7 Å². The number of ether oxygens (including phenoxy) is 2. The van der Waals surface area contributed by atoms with E-state index < -0.39 is 23.7 Å². The number of hydrogen-bond donors (Lipinski definition) is 1. The molecule has 0 fully saturated rings. The summed E-state index contributed by atoms with van der Waals surface area (Å²) in [5.74, 6) is -0.417. The Morgan fingerprint density at radius 2 is 1.91 bits per heavy atom. The van der Waals surface area contributed by atoms with Crippen LogP contribution in [0.5, 0.6) is 0 Å². The normalized spacial score (nSPS) is 11.9. The SMILES string of the molecule is CC(C)(C)OC(=O)N[C@H](C#N)CCC(=O)OCc1ccccc1. The van der Waals surface area contributed by atoms with E-state index in [1.165, 1.54) is 0 Å². The lowest BCUT2D eigenvalue weighted by Gasteiger charge is -2.21. The van der Waals surface area contributed by atoms with E-state index in [1.807, 2.05) is 36.4 Å². The zero-order valence-electron chi connectivity index (χ0n) is 13.7. The van der Waals surface area contributed by atoms with Gasteiger partial charge in [0, 0.05) is 6.42 Å². The average molecular weight is 318 g/mol. The van der Waals surface area contributed by atoms with Crippen molar-refractivity contribution >= 4 is 12.1 Å². The number of esters is 1. The predicted molar refractivity (Wildman–Crippen MR) is 84.2 cm³/mol. The van der Waals surface area contributed by atoms with Gasteiger partial charge in [-0.1, -0.05) is 30.3 Å². The minimum atomic E-state index is -0.797. The second-order valence-electron chi connectivity index (χ2n) is 6.01. The van der Waals surface area contributed by atoms with Crippen molar-refractivity contribution in [3.8, 4) is 6.07 Å². The van der Waals surface area contributed by atoms with Gasteiger partial charge in [0.05, 0.1) is 6.07 Å². The first-order chi connectivity index (χ1) is 10.8. The van der Waals surface area contributed by atoms with Crippen molar-refractivity contribution in [3.63, 3.8) is 0 Å². The van der Waals surface area contributed by atoms with E-state index in [9.17, 15) is 9.59 Å². The van der Waals surface area contributed by atoms with Crippen LogP contribution in [0.15, 0.2) is 30.3 Å². The van der Waals surface area contributed by atoms with Crippen LogP contribution in [0.3, 0.4) is 0 Å². The largest absolute Gasteiger partial charge is 0.461 e. The highest BCUT2D eigenvalue weighted by Crippen LogP contribution is 2.08. The maximum absolute atomic E-state index is 11.7. The first-order valence-corrected chi connectivity index (χ1v) is 7.39. The quantitative estimate of drug-likeness (QED) is 0.815. The summed E-state index contributed by atoms with van der Waals surface area (Å²) >= 11 is 0. The summed E-state index contributed by atoms with van der Waals surface area (Å²) in [5.41, 5.74) is 0.253. The van der Waals surface area contributed by atoms with Gasteiger partial charge in [0.2, 0.25) is 0 Å². The molecule has 6 nitrogen and oxygen atoms in total. The third-order valence-electron chi connectivity index (χ3n) is 2.73. The zero-order chi connectivity index (χ0) is 17.3. The lowest BCUT2D eigenvalue weighted by atomic mass is 10.2. The molecule has 124 valence electrons. The van der Waals surface area contributed by atoms with E-state index in [2.05, 4.69) is 5.32 Å². The van der Waals surface area contributed by atoms with E-state index in [0.29, 0.717) is 0 Å². The molecule has 6 heteroatoms. The smallest absolute Gasteiger partial charge is 0.408 e. The summed E-state index contributed by atoms with van der Waals surface area (Å²) in [4.78, 5) is 23.3. The first kappa shape index (κ1) is 18.5. The second-order valence-corrected chi connectivity index (χ2v) is 6.01. The van der Waals surface area contributed by atoms with Crippen LogP contribution in [0.4, 0.5) is 4.79 Å². The lowest BCUT2D eigenvalue weighted by molar-refractivity contribution is -0.145. The molecule has 1 aromatic rings. The fraction of sp³-hybridized carbons (Fsp3) is 0.471. The molecule has 23 heavy (non-hydrogen) atoms. The number of alkyl carbamates (subject to hydrolysis) is 1. The molecule has 0 aliphatic rings. The summed E-state index contributed by atoms with van der Waals surface area (Å²) < 4.78 is 10.2. The molecule has 0 radical (unpaired) electrons. The van der Waals surface area contributed by atoms with Crippen molar-refractivity contribution in [1.29, 1.82) is 5.26 Å². The van der Waals surface area contributed by atoms with Crippen LogP contribution in [0.1, 0.15) is 39.2 Å². The number of rotatable bonds is 6. The van der Waals surface area contributed by atoms with Crippen LogP contribution >= 0.6 is 0 Å². The number of carbonyl (C=O) groups excluding carboxylic acids is 2. The van der Waals surface area contributed by atoms with Gasteiger partial charge in [-0.25, -0.2) is 4.79 Å². The van der Waals surface area contributed by atoms with E-state index in [4.69, 9.17) is 14.7 Å². The van der Waals surface area contributed by atoms with Gasteiger partial charge in [-0.2, -0.15) is 5.26 Å². The molecule has 0 heterocycles. The molecule has 0 saturated carbocycles. The Labute approximate surface area is 136 Å². The van der Waals surface area contributed by atoms with Crippen LogP contribution in [-0.2, 0) is 20.9 Å². The number of amides is 1. The molecule has 0 spiro atoms. The summed E-state index contributed by atoms with van der Waals surface area (Å²) in [6.07, 6.45) is -0.466. The standard InChI is InChI=1S/C17H22N2O4/c1-17(2,3)23-16(21)19-14(11-18)9-10-15(20)22-12-13-7-5-4-6-8-13/h4-8,14H,9-10,12H2,1-3H3,(H,19,21)/t14-/m0/s1. The molecule has 0 unspecified atom stereocenters. The minimum absolute atomic E-state index is 0.0425. The minimum Gasteiger partial charge on any atom is -0.461 e. The van der Waals surface area contributed by atoms with Crippen molar-refractivity contribution in [1.82, 2.24) is 5.32 Å². The van der Waals surface area contributed by atoms with Gasteiger partial charge in [0.25, 0.3) is 0 Å². The summed E-state index contributed by atoms with van der Waals surface area (Å²) in [7, 11) is 0. The Morgan fingerprint density at radius 1 is 1.26 bits per heavy atom. The van der Waals surface area contributed by atoms with E-state index in [0.717, 1.165) is 5.56 Å². The van der Waals surface area contributed by atoms with E-state index in [1.54, 1.807) is 20.8 Å². The number of carbonyl (C=O) groups is 2. The van der Waals surface area contributed by atoms with Crippen LogP contribution in [0.25, 0.3) is 0 Å². The molecule has 0 aromatic heterocycles.